The molecule has 2 aromatic carbocycles. The van der Waals surface area contributed by atoms with Crippen molar-refractivity contribution in [2.75, 3.05) is 0 Å². The Morgan fingerprint density at radius 1 is 1.12 bits per heavy atom. The molecule has 0 radical (unpaired) electrons. The fourth-order valence-corrected chi connectivity index (χ4v) is 4.44. The van der Waals surface area contributed by atoms with Gasteiger partial charge in [-0.15, -0.1) is 11.3 Å². The summed E-state index contributed by atoms with van der Waals surface area (Å²) >= 11 is 1.52. The average Bonchev–Trinajstić information content (AvgIpc) is 3.62. The summed E-state index contributed by atoms with van der Waals surface area (Å²) in [6, 6.07) is 19.5. The molecule has 1 N–H and O–H groups in total. The average molecular weight is 467 g/mol. The predicted molar refractivity (Wildman–Crippen MR) is 131 cm³/mol. The molecule has 0 bridgehead atoms. The molecule has 8 nitrogen and oxygen atoms in total. The van der Waals surface area contributed by atoms with Crippen LogP contribution in [0.15, 0.2) is 94.2 Å². The van der Waals surface area contributed by atoms with Crippen LogP contribution in [0.3, 0.4) is 0 Å². The smallest absolute Gasteiger partial charge is 0.246 e. The number of thiazole rings is 1. The summed E-state index contributed by atoms with van der Waals surface area (Å²) in [6.45, 7) is 0. The molecule has 0 aliphatic heterocycles. The van der Waals surface area contributed by atoms with Crippen molar-refractivity contribution in [3.05, 3.63) is 95.9 Å². The summed E-state index contributed by atoms with van der Waals surface area (Å²) < 4.78 is 9.70. The molecular weight excluding hydrogens is 448 g/mol. The highest BCUT2D eigenvalue weighted by molar-refractivity contribution is 7.15. The quantitative estimate of drug-likeness (QED) is 0.285. The van der Waals surface area contributed by atoms with Crippen molar-refractivity contribution in [1.82, 2.24) is 24.6 Å². The predicted octanol–water partition coefficient (Wildman–Crippen LogP) is 4.69. The molecule has 0 saturated carbocycles. The Hall–Kier alpha value is -4.50. The summed E-state index contributed by atoms with van der Waals surface area (Å²) in [7, 11) is 0. The van der Waals surface area contributed by atoms with Crippen LogP contribution in [-0.2, 0) is 11.2 Å². The molecule has 0 unspecified atom stereocenters. The van der Waals surface area contributed by atoms with E-state index in [1.54, 1.807) is 10.9 Å². The minimum Gasteiger partial charge on any atom is -0.454 e. The number of rotatable bonds is 6. The summed E-state index contributed by atoms with van der Waals surface area (Å²) in [6.07, 6.45) is 7.34. The molecule has 0 saturated heterocycles. The Morgan fingerprint density at radius 2 is 1.97 bits per heavy atom. The number of furan rings is 1. The van der Waals surface area contributed by atoms with Crippen molar-refractivity contribution in [1.29, 1.82) is 0 Å². The van der Waals surface area contributed by atoms with Crippen molar-refractivity contribution in [3.63, 3.8) is 0 Å². The normalized spacial score (nSPS) is 11.6. The number of nitrogens with one attached hydrogen (secondary N) is 1. The molecule has 0 atom stereocenters. The van der Waals surface area contributed by atoms with Crippen molar-refractivity contribution in [2.45, 2.75) is 6.42 Å². The number of nitrogens with zero attached hydrogens (tertiary/aromatic N) is 5. The zero-order chi connectivity index (χ0) is 22.9. The summed E-state index contributed by atoms with van der Waals surface area (Å²) in [5.74, 6) is 0.379. The van der Waals surface area contributed by atoms with Crippen LogP contribution in [0.1, 0.15) is 11.3 Å². The number of imidazole rings is 1. The second kappa shape index (κ2) is 8.45. The number of hydrogen-bond acceptors (Lipinski definition) is 6. The summed E-state index contributed by atoms with van der Waals surface area (Å²) in [5, 5.41) is 11.9. The number of benzene rings is 2. The van der Waals surface area contributed by atoms with E-state index < -0.39 is 0 Å². The van der Waals surface area contributed by atoms with Gasteiger partial charge in [-0.3, -0.25) is 9.20 Å². The van der Waals surface area contributed by atoms with Gasteiger partial charge in [-0.05, 0) is 24.3 Å². The number of aromatic nitrogens is 4. The maximum atomic E-state index is 12.4. The highest BCUT2D eigenvalue weighted by Crippen LogP contribution is 2.29. The Bertz CT molecular complexity index is 1580. The van der Waals surface area contributed by atoms with Gasteiger partial charge < -0.3 is 4.42 Å². The lowest BCUT2D eigenvalue weighted by Gasteiger charge is -1.98. The van der Waals surface area contributed by atoms with E-state index in [-0.39, 0.29) is 12.3 Å². The van der Waals surface area contributed by atoms with Crippen LogP contribution < -0.4 is 5.43 Å². The topological polar surface area (TPSA) is 89.7 Å². The molecule has 4 aromatic heterocycles. The second-order valence-corrected chi connectivity index (χ2v) is 8.53. The molecular formula is C25H18N6O2S. The lowest BCUT2D eigenvalue weighted by molar-refractivity contribution is -0.120. The molecule has 0 fully saturated rings. The maximum absolute atomic E-state index is 12.4. The number of para-hydroxylation sites is 2. The lowest BCUT2D eigenvalue weighted by atomic mass is 10.2. The van der Waals surface area contributed by atoms with E-state index in [2.05, 4.69) is 15.5 Å². The molecule has 0 spiro atoms. The van der Waals surface area contributed by atoms with E-state index in [4.69, 9.17) is 9.52 Å². The van der Waals surface area contributed by atoms with Crippen LogP contribution in [0.25, 0.3) is 33.1 Å². The van der Waals surface area contributed by atoms with Crippen molar-refractivity contribution in [2.24, 2.45) is 5.10 Å². The van der Waals surface area contributed by atoms with Gasteiger partial charge in [-0.2, -0.15) is 10.2 Å². The number of fused-ring (bicyclic) bond motifs is 2. The first-order valence-electron chi connectivity index (χ1n) is 10.6. The van der Waals surface area contributed by atoms with E-state index in [0.29, 0.717) is 22.7 Å². The van der Waals surface area contributed by atoms with E-state index in [1.165, 1.54) is 11.3 Å². The van der Waals surface area contributed by atoms with Crippen LogP contribution in [0, 0.1) is 0 Å². The first-order chi connectivity index (χ1) is 16.7. The molecule has 9 heteroatoms. The zero-order valence-electron chi connectivity index (χ0n) is 17.8. The van der Waals surface area contributed by atoms with Crippen LogP contribution in [-0.4, -0.2) is 31.3 Å². The van der Waals surface area contributed by atoms with Gasteiger partial charge in [0.2, 0.25) is 5.91 Å². The van der Waals surface area contributed by atoms with Gasteiger partial charge in [0.1, 0.15) is 11.3 Å². The Morgan fingerprint density at radius 3 is 2.82 bits per heavy atom. The van der Waals surface area contributed by atoms with E-state index in [0.717, 1.165) is 21.6 Å². The molecule has 0 aliphatic carbocycles. The largest absolute Gasteiger partial charge is 0.454 e. The highest BCUT2D eigenvalue weighted by atomic mass is 32.1. The number of amides is 1. The van der Waals surface area contributed by atoms with Gasteiger partial charge in [0.15, 0.2) is 10.7 Å². The van der Waals surface area contributed by atoms with Gasteiger partial charge in [-0.25, -0.2) is 15.1 Å². The number of hydrogen-bond donors (Lipinski definition) is 1. The van der Waals surface area contributed by atoms with Crippen LogP contribution in [0.5, 0.6) is 0 Å². The third-order valence-electron chi connectivity index (χ3n) is 5.30. The highest BCUT2D eigenvalue weighted by Gasteiger charge is 2.16. The monoisotopic (exact) mass is 466 g/mol. The first kappa shape index (κ1) is 20.1. The SMILES string of the molecule is O=C(Cc1cn2ccsc2n1)N/N=C\c1cn(-c2ccccc2)nc1-c1cc2ccccc2o1. The third kappa shape index (κ3) is 3.89. The van der Waals surface area contributed by atoms with E-state index in [1.807, 2.05) is 89.0 Å². The third-order valence-corrected chi connectivity index (χ3v) is 6.07. The summed E-state index contributed by atoms with van der Waals surface area (Å²) in [4.78, 5) is 17.7. The zero-order valence-corrected chi connectivity index (χ0v) is 18.6. The molecule has 6 rings (SSSR count). The van der Waals surface area contributed by atoms with Crippen LogP contribution in [0.2, 0.25) is 0 Å². The van der Waals surface area contributed by atoms with Gasteiger partial charge in [-0.1, -0.05) is 36.4 Å². The van der Waals surface area contributed by atoms with Gasteiger partial charge in [0.05, 0.1) is 24.0 Å². The van der Waals surface area contributed by atoms with Crippen molar-refractivity contribution in [3.8, 4) is 17.1 Å². The molecule has 0 aliphatic rings. The fraction of sp³-hybridized carbons (Fsp3) is 0.0400. The van der Waals surface area contributed by atoms with E-state index >= 15 is 0 Å². The molecule has 6 aromatic rings. The minimum atomic E-state index is -0.247. The lowest BCUT2D eigenvalue weighted by Crippen LogP contribution is -2.19. The van der Waals surface area contributed by atoms with Crippen LogP contribution >= 0.6 is 11.3 Å². The van der Waals surface area contributed by atoms with Gasteiger partial charge >= 0.3 is 0 Å². The Kier molecular flexibility index (Phi) is 5.00. The fourth-order valence-electron chi connectivity index (χ4n) is 3.72. The number of carbonyl (C=O) groups excluding carboxylic acids is 1. The Labute approximate surface area is 197 Å². The number of carbonyl (C=O) groups is 1. The van der Waals surface area contributed by atoms with Crippen molar-refractivity contribution >= 4 is 39.4 Å². The maximum Gasteiger partial charge on any atom is 0.246 e. The molecule has 166 valence electrons. The van der Waals surface area contributed by atoms with Crippen LogP contribution in [0.4, 0.5) is 0 Å². The molecule has 4 heterocycles. The Balaban J connectivity index is 1.27. The van der Waals surface area contributed by atoms with Crippen molar-refractivity contribution < 1.29 is 9.21 Å². The molecule has 34 heavy (non-hydrogen) atoms. The number of hydrazone groups is 1. The molecule has 1 amide bonds. The van der Waals surface area contributed by atoms with Gasteiger partial charge in [0.25, 0.3) is 0 Å². The minimum absolute atomic E-state index is 0.144. The van der Waals surface area contributed by atoms with E-state index in [9.17, 15) is 4.79 Å². The van der Waals surface area contributed by atoms with Gasteiger partial charge in [0, 0.05) is 34.9 Å². The second-order valence-electron chi connectivity index (χ2n) is 7.66. The standard InChI is InChI=1S/C25H18N6O2S/c32-23(13-19-16-30-10-11-34-25(30)27-19)28-26-14-18-15-31(20-7-2-1-3-8-20)29-24(18)22-12-17-6-4-5-9-21(17)33-22/h1-12,14-16H,13H2,(H,28,32)/b26-14-. The first-order valence-corrected chi connectivity index (χ1v) is 11.5. The summed E-state index contributed by atoms with van der Waals surface area (Å²) in [5.41, 5.74) is 6.31.